The molecule has 0 N–H and O–H groups in total. The maximum atomic E-state index is 8.64. The van der Waals surface area contributed by atoms with Crippen LogP contribution in [-0.2, 0) is 0 Å². The van der Waals surface area contributed by atoms with E-state index in [1.165, 1.54) is 0 Å². The Hall–Kier alpha value is -1.55. The first-order valence-corrected chi connectivity index (χ1v) is 3.33. The Balaban J connectivity index is 3.15. The summed E-state index contributed by atoms with van der Waals surface area (Å²) in [5.41, 5.74) is 1.61. The van der Waals surface area contributed by atoms with Crippen molar-refractivity contribution in [2.24, 2.45) is 0 Å². The number of rotatable bonds is 1. The molecule has 1 radical (unpaired) electrons. The smallest absolute Gasteiger partial charge is 0.0997 e. The van der Waals surface area contributed by atoms with Crippen LogP contribution >= 0.6 is 0 Å². The molecule has 53 valence electrons. The third-order valence-corrected chi connectivity index (χ3v) is 1.38. The molecule has 0 aliphatic heterocycles. The zero-order valence-electron chi connectivity index (χ0n) is 6.12. The average molecular weight is 142 g/mol. The highest BCUT2D eigenvalue weighted by Gasteiger charge is 1.93. The molecule has 0 aliphatic carbocycles. The van der Waals surface area contributed by atoms with E-state index in [-0.39, 0.29) is 0 Å². The van der Waals surface area contributed by atoms with Crippen LogP contribution in [0.2, 0.25) is 0 Å². The van der Waals surface area contributed by atoms with Crippen molar-refractivity contribution in [2.45, 2.75) is 0 Å². The van der Waals surface area contributed by atoms with Gasteiger partial charge in [-0.1, -0.05) is 30.4 Å². The Labute approximate surface area is 66.6 Å². The Bertz CT molecular complexity index is 305. The Morgan fingerprint density at radius 3 is 2.73 bits per heavy atom. The monoisotopic (exact) mass is 142 g/mol. The number of benzene rings is 1. The summed E-state index contributed by atoms with van der Waals surface area (Å²) < 4.78 is 0. The second kappa shape index (κ2) is 3.58. The van der Waals surface area contributed by atoms with Crippen LogP contribution in [0.3, 0.4) is 0 Å². The van der Waals surface area contributed by atoms with Crippen LogP contribution in [-0.4, -0.2) is 0 Å². The van der Waals surface area contributed by atoms with E-state index in [2.05, 4.69) is 13.0 Å². The molecule has 0 bridgehead atoms. The van der Waals surface area contributed by atoms with E-state index in [1.54, 1.807) is 12.1 Å². The summed E-state index contributed by atoms with van der Waals surface area (Å²) in [6, 6.07) is 9.52. The standard InChI is InChI=1S/C10H8N/c1-2-5-9-6-3-4-7-10(9)8-11/h2-7H,1H2/b5-2+. The van der Waals surface area contributed by atoms with E-state index in [0.29, 0.717) is 5.56 Å². The summed E-state index contributed by atoms with van der Waals surface area (Å²) in [6.45, 7) is 3.57. The van der Waals surface area contributed by atoms with Gasteiger partial charge in [0.15, 0.2) is 0 Å². The van der Waals surface area contributed by atoms with Gasteiger partial charge in [0.2, 0.25) is 0 Å². The van der Waals surface area contributed by atoms with Gasteiger partial charge in [0.1, 0.15) is 0 Å². The molecule has 0 aliphatic rings. The van der Waals surface area contributed by atoms with Crippen molar-refractivity contribution >= 4 is 6.08 Å². The van der Waals surface area contributed by atoms with Crippen molar-refractivity contribution < 1.29 is 0 Å². The van der Waals surface area contributed by atoms with Gasteiger partial charge in [0.25, 0.3) is 0 Å². The lowest BCUT2D eigenvalue weighted by Gasteiger charge is -1.93. The second-order valence-corrected chi connectivity index (χ2v) is 2.10. The van der Waals surface area contributed by atoms with Gasteiger partial charge in [-0.15, -0.1) is 0 Å². The zero-order valence-corrected chi connectivity index (χ0v) is 6.12. The van der Waals surface area contributed by atoms with Gasteiger partial charge in [-0.05, 0) is 18.6 Å². The zero-order chi connectivity index (χ0) is 8.10. The van der Waals surface area contributed by atoms with Gasteiger partial charge >= 0.3 is 0 Å². The van der Waals surface area contributed by atoms with Crippen LogP contribution in [0.4, 0.5) is 0 Å². The van der Waals surface area contributed by atoms with Gasteiger partial charge in [-0.25, -0.2) is 0 Å². The molecule has 1 heteroatoms. The molecule has 0 atom stereocenters. The highest BCUT2D eigenvalue weighted by atomic mass is 14.2. The van der Waals surface area contributed by atoms with Crippen LogP contribution in [0.5, 0.6) is 0 Å². The fraction of sp³-hybridized carbons (Fsp3) is 0. The molecule has 0 amide bonds. The number of nitrogens with zero attached hydrogens (tertiary/aromatic N) is 1. The van der Waals surface area contributed by atoms with Crippen LogP contribution in [0.15, 0.2) is 30.3 Å². The quantitative estimate of drug-likeness (QED) is 0.590. The van der Waals surface area contributed by atoms with Crippen molar-refractivity contribution in [2.75, 3.05) is 0 Å². The molecule has 1 aromatic rings. The van der Waals surface area contributed by atoms with E-state index in [0.717, 1.165) is 5.56 Å². The molecule has 0 aromatic heterocycles. The Morgan fingerprint density at radius 2 is 2.09 bits per heavy atom. The van der Waals surface area contributed by atoms with Crippen molar-refractivity contribution in [3.05, 3.63) is 48.4 Å². The molecule has 0 unspecified atom stereocenters. The van der Waals surface area contributed by atoms with E-state index in [4.69, 9.17) is 5.26 Å². The predicted octanol–water partition coefficient (Wildman–Crippen LogP) is 2.41. The van der Waals surface area contributed by atoms with Gasteiger partial charge in [0.05, 0.1) is 11.6 Å². The van der Waals surface area contributed by atoms with Crippen LogP contribution < -0.4 is 0 Å². The molecule has 0 heterocycles. The number of hydrogen-bond acceptors (Lipinski definition) is 1. The third kappa shape index (κ3) is 1.68. The number of allylic oxidation sites excluding steroid dienone is 1. The molecule has 1 aromatic carbocycles. The highest BCUT2D eigenvalue weighted by Crippen LogP contribution is 2.08. The summed E-state index contributed by atoms with van der Waals surface area (Å²) in [5.74, 6) is 0. The minimum Gasteiger partial charge on any atom is -0.192 e. The normalized spacial score (nSPS) is 9.82. The lowest BCUT2D eigenvalue weighted by atomic mass is 10.1. The van der Waals surface area contributed by atoms with Crippen LogP contribution in [0.25, 0.3) is 6.08 Å². The van der Waals surface area contributed by atoms with E-state index >= 15 is 0 Å². The number of nitriles is 1. The van der Waals surface area contributed by atoms with E-state index in [9.17, 15) is 0 Å². The molecule has 0 fully saturated rings. The van der Waals surface area contributed by atoms with E-state index < -0.39 is 0 Å². The topological polar surface area (TPSA) is 23.8 Å². The SMILES string of the molecule is [CH2]/C=C/c1ccccc1C#N. The molecule has 0 saturated carbocycles. The summed E-state index contributed by atoms with van der Waals surface area (Å²) in [4.78, 5) is 0. The number of hydrogen-bond donors (Lipinski definition) is 0. The minimum absolute atomic E-state index is 0.687. The van der Waals surface area contributed by atoms with Gasteiger partial charge in [-0.2, -0.15) is 5.26 Å². The van der Waals surface area contributed by atoms with Crippen molar-refractivity contribution in [1.82, 2.24) is 0 Å². The summed E-state index contributed by atoms with van der Waals surface area (Å²) in [5, 5.41) is 8.64. The van der Waals surface area contributed by atoms with Crippen molar-refractivity contribution in [3.63, 3.8) is 0 Å². The summed E-state index contributed by atoms with van der Waals surface area (Å²) >= 11 is 0. The van der Waals surface area contributed by atoms with Crippen LogP contribution in [0, 0.1) is 18.3 Å². The lowest BCUT2D eigenvalue weighted by molar-refractivity contribution is 1.47. The fourth-order valence-electron chi connectivity index (χ4n) is 0.871. The largest absolute Gasteiger partial charge is 0.192 e. The molecule has 11 heavy (non-hydrogen) atoms. The third-order valence-electron chi connectivity index (χ3n) is 1.38. The van der Waals surface area contributed by atoms with E-state index in [1.807, 2.05) is 24.3 Å². The maximum Gasteiger partial charge on any atom is 0.0997 e. The first-order valence-electron chi connectivity index (χ1n) is 3.33. The Morgan fingerprint density at radius 1 is 1.36 bits per heavy atom. The molecule has 1 rings (SSSR count). The maximum absolute atomic E-state index is 8.64. The summed E-state index contributed by atoms with van der Waals surface area (Å²) in [6.07, 6.45) is 3.49. The average Bonchev–Trinajstić information content (AvgIpc) is 2.06. The predicted molar refractivity (Wildman–Crippen MR) is 45.5 cm³/mol. The first kappa shape index (κ1) is 7.56. The van der Waals surface area contributed by atoms with Crippen molar-refractivity contribution in [3.8, 4) is 6.07 Å². The fourth-order valence-corrected chi connectivity index (χ4v) is 0.871. The molecular weight excluding hydrogens is 134 g/mol. The Kier molecular flexibility index (Phi) is 2.46. The van der Waals surface area contributed by atoms with Gasteiger partial charge < -0.3 is 0 Å². The molecule has 1 nitrogen and oxygen atoms in total. The van der Waals surface area contributed by atoms with Crippen LogP contribution in [0.1, 0.15) is 11.1 Å². The summed E-state index contributed by atoms with van der Waals surface area (Å²) in [7, 11) is 0. The van der Waals surface area contributed by atoms with Gasteiger partial charge in [-0.3, -0.25) is 0 Å². The molecule has 0 saturated heterocycles. The second-order valence-electron chi connectivity index (χ2n) is 2.10. The minimum atomic E-state index is 0.687. The first-order chi connectivity index (χ1) is 5.38. The van der Waals surface area contributed by atoms with Gasteiger partial charge in [0, 0.05) is 0 Å². The van der Waals surface area contributed by atoms with Crippen molar-refractivity contribution in [1.29, 1.82) is 5.26 Å². The molecular formula is C10H8N. The lowest BCUT2D eigenvalue weighted by Crippen LogP contribution is -1.78. The highest BCUT2D eigenvalue weighted by molar-refractivity contribution is 5.57. The molecule has 0 spiro atoms.